The van der Waals surface area contributed by atoms with E-state index in [1.165, 1.54) is 11.5 Å². The first-order valence-electron chi connectivity index (χ1n) is 2.98. The van der Waals surface area contributed by atoms with Crippen LogP contribution in [0.1, 0.15) is 0 Å². The number of benzene rings is 1. The minimum Gasteiger partial charge on any atom is -0.191 e. The largest absolute Gasteiger partial charge is 0.191 e. The molecule has 0 atom stereocenters. The summed E-state index contributed by atoms with van der Waals surface area (Å²) in [5.41, 5.74) is 0.868. The van der Waals surface area contributed by atoms with Crippen molar-refractivity contribution in [3.63, 3.8) is 0 Å². The molecule has 2 aromatic rings. The predicted molar refractivity (Wildman–Crippen MR) is 49.6 cm³/mol. The molecule has 0 radical (unpaired) electrons. The number of hydrogen-bond donors (Lipinski definition) is 0. The summed E-state index contributed by atoms with van der Waals surface area (Å²) in [4.78, 5) is 0. The van der Waals surface area contributed by atoms with Gasteiger partial charge < -0.3 is 0 Å². The molecule has 0 fully saturated rings. The molecular formula is C7H3Cl2NS. The first kappa shape index (κ1) is 7.35. The summed E-state index contributed by atoms with van der Waals surface area (Å²) >= 11 is 13.0. The van der Waals surface area contributed by atoms with Gasteiger partial charge in [0.15, 0.2) is 0 Å². The summed E-state index contributed by atoms with van der Waals surface area (Å²) in [6.45, 7) is 0. The highest BCUT2D eigenvalue weighted by atomic mass is 35.5. The third-order valence-corrected chi connectivity index (χ3v) is 2.78. The highest BCUT2D eigenvalue weighted by Gasteiger charge is 2.05. The van der Waals surface area contributed by atoms with Gasteiger partial charge in [0.25, 0.3) is 0 Å². The molecule has 4 heteroatoms. The summed E-state index contributed by atoms with van der Waals surface area (Å²) < 4.78 is 4.76. The van der Waals surface area contributed by atoms with Crippen LogP contribution in [0.3, 0.4) is 0 Å². The van der Waals surface area contributed by atoms with Crippen LogP contribution in [0.4, 0.5) is 0 Å². The number of hydrogen-bond acceptors (Lipinski definition) is 2. The first-order valence-corrected chi connectivity index (χ1v) is 4.51. The van der Waals surface area contributed by atoms with Crippen LogP contribution in [0.15, 0.2) is 18.2 Å². The predicted octanol–water partition coefficient (Wildman–Crippen LogP) is 3.60. The van der Waals surface area contributed by atoms with Crippen LogP contribution in [0, 0.1) is 0 Å². The fourth-order valence-electron chi connectivity index (χ4n) is 0.918. The lowest BCUT2D eigenvalue weighted by atomic mass is 10.3. The fraction of sp³-hybridized carbons (Fsp3) is 0. The smallest absolute Gasteiger partial charge is 0.123 e. The standard InChI is InChI=1S/C7H3Cl2NS/c8-4-2-1-3-5-6(4)7(9)11-10-5/h1-3H. The van der Waals surface area contributed by atoms with Crippen molar-refractivity contribution < 1.29 is 0 Å². The highest BCUT2D eigenvalue weighted by Crippen LogP contribution is 2.32. The van der Waals surface area contributed by atoms with Gasteiger partial charge in [-0.1, -0.05) is 29.3 Å². The van der Waals surface area contributed by atoms with Crippen molar-refractivity contribution in [3.8, 4) is 0 Å². The van der Waals surface area contributed by atoms with Gasteiger partial charge in [0, 0.05) is 0 Å². The second kappa shape index (κ2) is 2.63. The summed E-state index contributed by atoms with van der Waals surface area (Å²) in [7, 11) is 0. The minimum atomic E-state index is 0.658. The van der Waals surface area contributed by atoms with E-state index in [4.69, 9.17) is 23.2 Å². The van der Waals surface area contributed by atoms with Crippen molar-refractivity contribution in [2.45, 2.75) is 0 Å². The van der Waals surface area contributed by atoms with Gasteiger partial charge in [-0.2, -0.15) is 4.37 Å². The van der Waals surface area contributed by atoms with Crippen LogP contribution in [0.25, 0.3) is 10.9 Å². The lowest BCUT2D eigenvalue weighted by Gasteiger charge is -1.90. The van der Waals surface area contributed by atoms with Gasteiger partial charge in [-0.25, -0.2) is 0 Å². The first-order chi connectivity index (χ1) is 5.29. The Kier molecular flexibility index (Phi) is 1.75. The van der Waals surface area contributed by atoms with Gasteiger partial charge in [0.05, 0.1) is 15.9 Å². The zero-order valence-electron chi connectivity index (χ0n) is 5.34. The molecule has 0 N–H and O–H groups in total. The molecule has 0 spiro atoms. The molecule has 0 aliphatic heterocycles. The van der Waals surface area contributed by atoms with E-state index in [0.717, 1.165) is 10.9 Å². The molecule has 1 nitrogen and oxygen atoms in total. The van der Waals surface area contributed by atoms with Crippen LogP contribution in [0.2, 0.25) is 9.36 Å². The van der Waals surface area contributed by atoms with Crippen molar-refractivity contribution in [2.24, 2.45) is 0 Å². The van der Waals surface area contributed by atoms with Gasteiger partial charge in [-0.05, 0) is 23.7 Å². The molecule has 0 aliphatic rings. The second-order valence-electron chi connectivity index (χ2n) is 2.09. The maximum atomic E-state index is 5.89. The third kappa shape index (κ3) is 1.11. The van der Waals surface area contributed by atoms with E-state index in [0.29, 0.717) is 9.36 Å². The average Bonchev–Trinajstić information content (AvgIpc) is 2.34. The summed E-state index contributed by atoms with van der Waals surface area (Å²) in [5.74, 6) is 0. The number of halogens is 2. The normalized spacial score (nSPS) is 10.7. The Bertz CT molecular complexity index is 396. The number of aromatic nitrogens is 1. The Balaban J connectivity index is 2.96. The molecule has 0 unspecified atom stereocenters. The topological polar surface area (TPSA) is 12.9 Å². The van der Waals surface area contributed by atoms with Crippen molar-refractivity contribution in [1.82, 2.24) is 4.37 Å². The molecule has 0 bridgehead atoms. The van der Waals surface area contributed by atoms with Crippen molar-refractivity contribution in [1.29, 1.82) is 0 Å². The summed E-state index contributed by atoms with van der Waals surface area (Å²) in [5, 5.41) is 1.53. The van der Waals surface area contributed by atoms with Crippen LogP contribution in [0.5, 0.6) is 0 Å². The monoisotopic (exact) mass is 203 g/mol. The van der Waals surface area contributed by atoms with Crippen molar-refractivity contribution in [2.75, 3.05) is 0 Å². The van der Waals surface area contributed by atoms with Gasteiger partial charge in [0.2, 0.25) is 0 Å². The van der Waals surface area contributed by atoms with Crippen LogP contribution >= 0.6 is 34.7 Å². The van der Waals surface area contributed by atoms with E-state index < -0.39 is 0 Å². The molecule has 1 heterocycles. The minimum absolute atomic E-state index is 0.658. The van der Waals surface area contributed by atoms with Gasteiger partial charge in [-0.15, -0.1) is 0 Å². The lowest BCUT2D eigenvalue weighted by molar-refractivity contribution is 1.66. The van der Waals surface area contributed by atoms with Crippen LogP contribution in [-0.4, -0.2) is 4.37 Å². The lowest BCUT2D eigenvalue weighted by Crippen LogP contribution is -1.67. The van der Waals surface area contributed by atoms with Crippen molar-refractivity contribution in [3.05, 3.63) is 27.6 Å². The Hall–Kier alpha value is -0.310. The summed E-state index contributed by atoms with van der Waals surface area (Å²) in [6.07, 6.45) is 0. The second-order valence-corrected chi connectivity index (χ2v) is 3.87. The molecule has 1 aromatic carbocycles. The van der Waals surface area contributed by atoms with Crippen molar-refractivity contribution >= 4 is 45.6 Å². The number of nitrogens with zero attached hydrogens (tertiary/aromatic N) is 1. The Labute approximate surface area is 77.7 Å². The van der Waals surface area contributed by atoms with E-state index in [1.54, 1.807) is 0 Å². The van der Waals surface area contributed by atoms with E-state index in [9.17, 15) is 0 Å². The third-order valence-electron chi connectivity index (χ3n) is 1.41. The Morgan fingerprint density at radius 3 is 2.82 bits per heavy atom. The average molecular weight is 204 g/mol. The maximum Gasteiger partial charge on any atom is 0.123 e. The Morgan fingerprint density at radius 2 is 2.09 bits per heavy atom. The quantitative estimate of drug-likeness (QED) is 0.638. The molecule has 2 rings (SSSR count). The molecule has 0 saturated heterocycles. The van der Waals surface area contributed by atoms with E-state index >= 15 is 0 Å². The van der Waals surface area contributed by atoms with E-state index in [1.807, 2.05) is 18.2 Å². The van der Waals surface area contributed by atoms with Crippen LogP contribution < -0.4 is 0 Å². The Morgan fingerprint density at radius 1 is 1.27 bits per heavy atom. The zero-order chi connectivity index (χ0) is 7.84. The van der Waals surface area contributed by atoms with Gasteiger partial charge >= 0.3 is 0 Å². The summed E-state index contributed by atoms with van der Waals surface area (Å²) in [6, 6.07) is 5.56. The molecule has 0 saturated carbocycles. The van der Waals surface area contributed by atoms with E-state index in [-0.39, 0.29) is 0 Å². The molecule has 0 amide bonds. The number of rotatable bonds is 0. The molecule has 1 aromatic heterocycles. The number of fused-ring (bicyclic) bond motifs is 1. The van der Waals surface area contributed by atoms with Crippen LogP contribution in [-0.2, 0) is 0 Å². The maximum absolute atomic E-state index is 5.89. The molecule has 11 heavy (non-hydrogen) atoms. The molecular weight excluding hydrogens is 201 g/mol. The molecule has 56 valence electrons. The van der Waals surface area contributed by atoms with Gasteiger partial charge in [-0.3, -0.25) is 0 Å². The fourth-order valence-corrected chi connectivity index (χ4v) is 2.23. The van der Waals surface area contributed by atoms with Gasteiger partial charge in [0.1, 0.15) is 4.34 Å². The molecule has 0 aliphatic carbocycles. The van der Waals surface area contributed by atoms with E-state index in [2.05, 4.69) is 4.37 Å². The highest BCUT2D eigenvalue weighted by molar-refractivity contribution is 7.12. The SMILES string of the molecule is Clc1cccc2nsc(Cl)c12. The zero-order valence-corrected chi connectivity index (χ0v) is 7.67.